The number of nitrogens with zero attached hydrogens (tertiary/aromatic N) is 3. The van der Waals surface area contributed by atoms with Gasteiger partial charge in [-0.05, 0) is 12.1 Å². The standard InChI is InChI=1S/C12H10N6O/c13-8-3-1-2-7-4-5-9(16-10(7)8)11(19)17-12-14-6-15-18-12/h1-6H,13H2,(H2,14,15,17,18,19). The number of carbonyl (C=O) groups is 1. The van der Waals surface area contributed by atoms with E-state index in [4.69, 9.17) is 5.73 Å². The maximum atomic E-state index is 12.0. The third-order valence-electron chi connectivity index (χ3n) is 2.63. The predicted molar refractivity (Wildman–Crippen MR) is 70.5 cm³/mol. The highest BCUT2D eigenvalue weighted by atomic mass is 16.2. The summed E-state index contributed by atoms with van der Waals surface area (Å²) in [4.78, 5) is 20.0. The summed E-state index contributed by atoms with van der Waals surface area (Å²) in [5.74, 6) is -0.102. The minimum Gasteiger partial charge on any atom is -0.397 e. The molecule has 1 aromatic carbocycles. The largest absolute Gasteiger partial charge is 0.397 e. The molecule has 0 aliphatic carbocycles. The maximum absolute atomic E-state index is 12.0. The van der Waals surface area contributed by atoms with Crippen molar-refractivity contribution in [3.63, 3.8) is 0 Å². The van der Waals surface area contributed by atoms with Gasteiger partial charge in [-0.25, -0.2) is 10.1 Å². The first-order chi connectivity index (χ1) is 9.24. The van der Waals surface area contributed by atoms with Crippen LogP contribution in [0.5, 0.6) is 0 Å². The van der Waals surface area contributed by atoms with Crippen molar-refractivity contribution in [2.75, 3.05) is 11.1 Å². The molecule has 1 amide bonds. The van der Waals surface area contributed by atoms with E-state index < -0.39 is 0 Å². The topological polar surface area (TPSA) is 110 Å². The molecule has 0 radical (unpaired) electrons. The van der Waals surface area contributed by atoms with Gasteiger partial charge in [-0.3, -0.25) is 10.1 Å². The summed E-state index contributed by atoms with van der Waals surface area (Å²) in [6.45, 7) is 0. The SMILES string of the molecule is Nc1cccc2ccc(C(=O)Nc3ncn[nH]3)nc12. The first-order valence-electron chi connectivity index (χ1n) is 5.56. The molecule has 94 valence electrons. The molecule has 0 bridgehead atoms. The van der Waals surface area contributed by atoms with E-state index in [1.807, 2.05) is 12.1 Å². The molecule has 2 heterocycles. The fourth-order valence-electron chi connectivity index (χ4n) is 1.73. The van der Waals surface area contributed by atoms with Gasteiger partial charge in [-0.2, -0.15) is 10.1 Å². The summed E-state index contributed by atoms with van der Waals surface area (Å²) < 4.78 is 0. The molecule has 0 saturated heterocycles. The lowest BCUT2D eigenvalue weighted by Gasteiger charge is -2.04. The molecule has 3 aromatic rings. The summed E-state index contributed by atoms with van der Waals surface area (Å²) in [7, 11) is 0. The van der Waals surface area contributed by atoms with Gasteiger partial charge in [0.05, 0.1) is 11.2 Å². The molecule has 0 spiro atoms. The van der Waals surface area contributed by atoms with Gasteiger partial charge in [0.2, 0.25) is 5.95 Å². The number of nitrogen functional groups attached to an aromatic ring is 1. The number of pyridine rings is 1. The quantitative estimate of drug-likeness (QED) is 0.595. The molecule has 0 aliphatic heterocycles. The second-order valence-electron chi connectivity index (χ2n) is 3.90. The maximum Gasteiger partial charge on any atom is 0.276 e. The highest BCUT2D eigenvalue weighted by Gasteiger charge is 2.10. The minimum absolute atomic E-state index is 0.266. The number of aromatic amines is 1. The number of nitrogens with one attached hydrogen (secondary N) is 2. The molecule has 0 unspecified atom stereocenters. The van der Waals surface area contributed by atoms with Crippen molar-refractivity contribution >= 4 is 28.4 Å². The fourth-order valence-corrected chi connectivity index (χ4v) is 1.73. The lowest BCUT2D eigenvalue weighted by Crippen LogP contribution is -2.14. The molecule has 3 rings (SSSR count). The molecule has 0 atom stereocenters. The Hall–Kier alpha value is -2.96. The number of hydrogen-bond donors (Lipinski definition) is 3. The van der Waals surface area contributed by atoms with Gasteiger partial charge in [0, 0.05) is 5.39 Å². The molecule has 7 nitrogen and oxygen atoms in total. The van der Waals surface area contributed by atoms with E-state index in [1.165, 1.54) is 6.33 Å². The van der Waals surface area contributed by atoms with E-state index in [0.717, 1.165) is 5.39 Å². The molecule has 0 fully saturated rings. The molecule has 7 heteroatoms. The van der Waals surface area contributed by atoms with Crippen molar-refractivity contribution in [2.45, 2.75) is 0 Å². The van der Waals surface area contributed by atoms with Crippen LogP contribution in [-0.4, -0.2) is 26.1 Å². The minimum atomic E-state index is -0.373. The number of aromatic nitrogens is 4. The van der Waals surface area contributed by atoms with Crippen LogP contribution in [0.15, 0.2) is 36.7 Å². The Balaban J connectivity index is 1.97. The highest BCUT2D eigenvalue weighted by molar-refractivity contribution is 6.03. The summed E-state index contributed by atoms with van der Waals surface area (Å²) in [6, 6.07) is 8.90. The van der Waals surface area contributed by atoms with Crippen LogP contribution in [0.2, 0.25) is 0 Å². The predicted octanol–water partition coefficient (Wildman–Crippen LogP) is 1.19. The number of carbonyl (C=O) groups excluding carboxylic acids is 1. The molecule has 2 aromatic heterocycles. The van der Waals surface area contributed by atoms with Crippen molar-refractivity contribution in [1.29, 1.82) is 0 Å². The third kappa shape index (κ3) is 2.08. The molecular weight excluding hydrogens is 244 g/mol. The second-order valence-corrected chi connectivity index (χ2v) is 3.90. The van der Waals surface area contributed by atoms with Gasteiger partial charge < -0.3 is 5.73 Å². The monoisotopic (exact) mass is 254 g/mol. The summed E-state index contributed by atoms with van der Waals surface area (Å²) in [5, 5.41) is 9.62. The van der Waals surface area contributed by atoms with E-state index in [2.05, 4.69) is 25.5 Å². The number of amides is 1. The first-order valence-corrected chi connectivity index (χ1v) is 5.56. The average Bonchev–Trinajstić information content (AvgIpc) is 2.92. The first kappa shape index (κ1) is 11.1. The Morgan fingerprint density at radius 3 is 2.95 bits per heavy atom. The lowest BCUT2D eigenvalue weighted by atomic mass is 10.1. The fraction of sp³-hybridized carbons (Fsp3) is 0. The Morgan fingerprint density at radius 2 is 2.16 bits per heavy atom. The van der Waals surface area contributed by atoms with E-state index in [0.29, 0.717) is 11.2 Å². The molecule has 19 heavy (non-hydrogen) atoms. The number of hydrogen-bond acceptors (Lipinski definition) is 5. The third-order valence-corrected chi connectivity index (χ3v) is 2.63. The molecule has 0 aliphatic rings. The van der Waals surface area contributed by atoms with Gasteiger partial charge in [-0.15, -0.1) is 0 Å². The number of fused-ring (bicyclic) bond motifs is 1. The Morgan fingerprint density at radius 1 is 1.26 bits per heavy atom. The molecule has 0 saturated carbocycles. The van der Waals surface area contributed by atoms with Gasteiger partial charge in [0.1, 0.15) is 12.0 Å². The van der Waals surface area contributed by atoms with Gasteiger partial charge >= 0.3 is 0 Å². The van der Waals surface area contributed by atoms with E-state index in [9.17, 15) is 4.79 Å². The van der Waals surface area contributed by atoms with Crippen LogP contribution in [0.3, 0.4) is 0 Å². The van der Waals surface area contributed by atoms with Crippen LogP contribution in [0.4, 0.5) is 11.6 Å². The average molecular weight is 254 g/mol. The summed E-state index contributed by atoms with van der Waals surface area (Å²) >= 11 is 0. The smallest absolute Gasteiger partial charge is 0.276 e. The van der Waals surface area contributed by atoms with Gasteiger partial charge in [0.25, 0.3) is 5.91 Å². The molecular formula is C12H10N6O. The van der Waals surface area contributed by atoms with Gasteiger partial charge in [-0.1, -0.05) is 18.2 Å². The number of benzene rings is 1. The van der Waals surface area contributed by atoms with E-state index in [-0.39, 0.29) is 17.5 Å². The summed E-state index contributed by atoms with van der Waals surface area (Å²) in [5.41, 5.74) is 7.24. The van der Waals surface area contributed by atoms with Crippen LogP contribution in [0.1, 0.15) is 10.5 Å². The Kier molecular flexibility index (Phi) is 2.57. The lowest BCUT2D eigenvalue weighted by molar-refractivity contribution is 0.102. The Labute approximate surface area is 107 Å². The number of H-pyrrole nitrogens is 1. The van der Waals surface area contributed by atoms with Crippen LogP contribution in [0.25, 0.3) is 10.9 Å². The van der Waals surface area contributed by atoms with Crippen LogP contribution in [0, 0.1) is 0 Å². The van der Waals surface area contributed by atoms with Crippen molar-refractivity contribution in [1.82, 2.24) is 20.2 Å². The zero-order valence-corrected chi connectivity index (χ0v) is 9.79. The Bertz CT molecular complexity index is 737. The highest BCUT2D eigenvalue weighted by Crippen LogP contribution is 2.19. The van der Waals surface area contributed by atoms with Crippen molar-refractivity contribution < 1.29 is 4.79 Å². The number of rotatable bonds is 2. The number of para-hydroxylation sites is 1. The van der Waals surface area contributed by atoms with Gasteiger partial charge in [0.15, 0.2) is 0 Å². The van der Waals surface area contributed by atoms with Crippen molar-refractivity contribution in [2.24, 2.45) is 0 Å². The van der Waals surface area contributed by atoms with Crippen LogP contribution >= 0.6 is 0 Å². The second kappa shape index (κ2) is 4.37. The zero-order valence-electron chi connectivity index (χ0n) is 9.79. The number of nitrogens with two attached hydrogens (primary N) is 1. The molecule has 4 N–H and O–H groups in total. The van der Waals surface area contributed by atoms with Crippen LogP contribution in [-0.2, 0) is 0 Å². The van der Waals surface area contributed by atoms with Crippen molar-refractivity contribution in [3.05, 3.63) is 42.4 Å². The van der Waals surface area contributed by atoms with Crippen molar-refractivity contribution in [3.8, 4) is 0 Å². The number of anilines is 2. The van der Waals surface area contributed by atoms with Crippen LogP contribution < -0.4 is 11.1 Å². The summed E-state index contributed by atoms with van der Waals surface area (Å²) in [6.07, 6.45) is 1.31. The van der Waals surface area contributed by atoms with E-state index >= 15 is 0 Å². The normalized spacial score (nSPS) is 10.5. The zero-order chi connectivity index (χ0) is 13.2. The van der Waals surface area contributed by atoms with E-state index in [1.54, 1.807) is 18.2 Å².